The fourth-order valence-electron chi connectivity index (χ4n) is 3.39. The third-order valence-corrected chi connectivity index (χ3v) is 5.12. The second-order valence-corrected chi connectivity index (χ2v) is 6.92. The van der Waals surface area contributed by atoms with Crippen LogP contribution in [0, 0.1) is 13.8 Å². The van der Waals surface area contributed by atoms with E-state index in [9.17, 15) is 0 Å². The van der Waals surface area contributed by atoms with Gasteiger partial charge in [-0.2, -0.15) is 5.10 Å². The van der Waals surface area contributed by atoms with Crippen LogP contribution in [0.2, 0.25) is 0 Å². The van der Waals surface area contributed by atoms with E-state index in [4.69, 9.17) is 9.26 Å². The van der Waals surface area contributed by atoms with E-state index >= 15 is 0 Å². The van der Waals surface area contributed by atoms with E-state index in [2.05, 4.69) is 53.7 Å². The molecular formula is C20H24N4O2. The zero-order valence-electron chi connectivity index (χ0n) is 15.4. The first-order valence-corrected chi connectivity index (χ1v) is 8.98. The van der Waals surface area contributed by atoms with Gasteiger partial charge in [0.05, 0.1) is 12.7 Å². The lowest BCUT2D eigenvalue weighted by Gasteiger charge is -2.19. The number of rotatable bonds is 5. The van der Waals surface area contributed by atoms with E-state index in [1.807, 2.05) is 24.0 Å². The molecule has 2 aromatic heterocycles. The molecule has 0 radical (unpaired) electrons. The minimum absolute atomic E-state index is 0.0307. The highest BCUT2D eigenvalue weighted by Crippen LogP contribution is 2.31. The summed E-state index contributed by atoms with van der Waals surface area (Å²) in [6, 6.07) is 10.5. The summed E-state index contributed by atoms with van der Waals surface area (Å²) in [5.74, 6) is 0.828. The Labute approximate surface area is 153 Å². The average Bonchev–Trinajstić information content (AvgIpc) is 3.36. The molecule has 2 atom stereocenters. The highest BCUT2D eigenvalue weighted by Gasteiger charge is 2.31. The van der Waals surface area contributed by atoms with Gasteiger partial charge < -0.3 is 14.6 Å². The van der Waals surface area contributed by atoms with Crippen LogP contribution in [-0.4, -0.2) is 27.6 Å². The number of hydrogen-bond acceptors (Lipinski definition) is 5. The molecule has 136 valence electrons. The highest BCUT2D eigenvalue weighted by atomic mass is 16.5. The molecule has 0 bridgehead atoms. The third-order valence-electron chi connectivity index (χ3n) is 5.12. The fraction of sp³-hybridized carbons (Fsp3) is 0.400. The van der Waals surface area contributed by atoms with Gasteiger partial charge in [-0.25, -0.2) is 0 Å². The van der Waals surface area contributed by atoms with Crippen LogP contribution in [0.4, 0.5) is 0 Å². The molecule has 0 saturated carbocycles. The monoisotopic (exact) mass is 352 g/mol. The predicted octanol–water partition coefficient (Wildman–Crippen LogP) is 3.31. The summed E-state index contributed by atoms with van der Waals surface area (Å²) in [5.41, 5.74) is 5.46. The largest absolute Gasteiger partial charge is 0.372 e. The first-order chi connectivity index (χ1) is 12.6. The quantitative estimate of drug-likeness (QED) is 0.763. The number of aryl methyl sites for hydroxylation is 2. The van der Waals surface area contributed by atoms with E-state index in [1.165, 1.54) is 5.56 Å². The van der Waals surface area contributed by atoms with Gasteiger partial charge in [0.2, 0.25) is 0 Å². The summed E-state index contributed by atoms with van der Waals surface area (Å²) in [6.45, 7) is 5.53. The lowest BCUT2D eigenvalue weighted by molar-refractivity contribution is 0.0974. The SMILES string of the molecule is Cc1ccc(-c2cc(CN[C@H]3CCO[C@@H]3c3cnn(C)c3C)on2)cc1. The van der Waals surface area contributed by atoms with Crippen LogP contribution in [0.5, 0.6) is 0 Å². The van der Waals surface area contributed by atoms with Gasteiger partial charge in [-0.1, -0.05) is 35.0 Å². The van der Waals surface area contributed by atoms with E-state index in [0.717, 1.165) is 41.3 Å². The van der Waals surface area contributed by atoms with Crippen molar-refractivity contribution < 1.29 is 9.26 Å². The molecule has 3 heterocycles. The Morgan fingerprint density at radius 1 is 1.23 bits per heavy atom. The number of ether oxygens (including phenoxy) is 1. The Bertz CT molecular complexity index is 882. The maximum absolute atomic E-state index is 5.96. The molecule has 1 fully saturated rings. The molecule has 1 N–H and O–H groups in total. The van der Waals surface area contributed by atoms with Gasteiger partial charge in [0.15, 0.2) is 5.76 Å². The second kappa shape index (κ2) is 7.05. The molecule has 1 aliphatic rings. The van der Waals surface area contributed by atoms with Crippen molar-refractivity contribution >= 4 is 0 Å². The Kier molecular flexibility index (Phi) is 4.61. The number of hydrogen-bond donors (Lipinski definition) is 1. The van der Waals surface area contributed by atoms with Crippen molar-refractivity contribution in [2.45, 2.75) is 39.0 Å². The van der Waals surface area contributed by atoms with E-state index in [0.29, 0.717) is 6.54 Å². The van der Waals surface area contributed by atoms with Gasteiger partial charge >= 0.3 is 0 Å². The van der Waals surface area contributed by atoms with E-state index in [1.54, 1.807) is 0 Å². The number of nitrogens with one attached hydrogen (secondary N) is 1. The molecule has 6 nitrogen and oxygen atoms in total. The van der Waals surface area contributed by atoms with Crippen LogP contribution < -0.4 is 5.32 Å². The summed E-state index contributed by atoms with van der Waals surface area (Å²) >= 11 is 0. The van der Waals surface area contributed by atoms with Crippen molar-refractivity contribution in [3.05, 3.63) is 59.1 Å². The number of nitrogens with zero attached hydrogens (tertiary/aromatic N) is 3. The highest BCUT2D eigenvalue weighted by molar-refractivity contribution is 5.59. The molecule has 1 saturated heterocycles. The average molecular weight is 352 g/mol. The van der Waals surface area contributed by atoms with Gasteiger partial charge in [0.25, 0.3) is 0 Å². The van der Waals surface area contributed by atoms with Gasteiger partial charge in [0.1, 0.15) is 11.8 Å². The Morgan fingerprint density at radius 2 is 2.04 bits per heavy atom. The summed E-state index contributed by atoms with van der Waals surface area (Å²) in [4.78, 5) is 0. The van der Waals surface area contributed by atoms with Crippen molar-refractivity contribution in [2.24, 2.45) is 7.05 Å². The lowest BCUT2D eigenvalue weighted by Crippen LogP contribution is -2.31. The molecule has 26 heavy (non-hydrogen) atoms. The number of benzene rings is 1. The van der Waals surface area contributed by atoms with Gasteiger partial charge in [-0.3, -0.25) is 4.68 Å². The summed E-state index contributed by atoms with van der Waals surface area (Å²) in [7, 11) is 1.96. The van der Waals surface area contributed by atoms with Gasteiger partial charge in [-0.05, 0) is 20.3 Å². The van der Waals surface area contributed by atoms with Crippen LogP contribution in [0.1, 0.15) is 35.1 Å². The smallest absolute Gasteiger partial charge is 0.151 e. The minimum atomic E-state index is 0.0307. The normalized spacial score (nSPS) is 20.0. The maximum atomic E-state index is 5.96. The van der Waals surface area contributed by atoms with Crippen molar-refractivity contribution in [1.82, 2.24) is 20.3 Å². The molecule has 4 rings (SSSR count). The number of aromatic nitrogens is 3. The maximum Gasteiger partial charge on any atom is 0.151 e. The molecule has 1 aliphatic heterocycles. The van der Waals surface area contributed by atoms with Crippen molar-refractivity contribution in [1.29, 1.82) is 0 Å². The van der Waals surface area contributed by atoms with Gasteiger partial charge in [-0.15, -0.1) is 0 Å². The fourth-order valence-corrected chi connectivity index (χ4v) is 3.39. The summed E-state index contributed by atoms with van der Waals surface area (Å²) < 4.78 is 13.4. The zero-order chi connectivity index (χ0) is 18.1. The molecule has 0 unspecified atom stereocenters. The van der Waals surface area contributed by atoms with E-state index in [-0.39, 0.29) is 12.1 Å². The van der Waals surface area contributed by atoms with Crippen LogP contribution >= 0.6 is 0 Å². The Balaban J connectivity index is 1.42. The standard InChI is InChI=1S/C20H24N4O2/c1-13-4-6-15(7-5-13)19-10-16(26-23-19)11-21-18-8-9-25-20(18)17-12-22-24(3)14(17)2/h4-7,10,12,18,20-21H,8-9,11H2,1-3H3/t18-,20+/m0/s1. The third kappa shape index (κ3) is 3.30. The topological polar surface area (TPSA) is 65.1 Å². The molecule has 3 aromatic rings. The first kappa shape index (κ1) is 17.0. The Hall–Kier alpha value is -2.44. The van der Waals surface area contributed by atoms with Crippen LogP contribution in [0.25, 0.3) is 11.3 Å². The molecule has 1 aromatic carbocycles. The molecule has 6 heteroatoms. The molecule has 0 amide bonds. The minimum Gasteiger partial charge on any atom is -0.372 e. The van der Waals surface area contributed by atoms with E-state index < -0.39 is 0 Å². The summed E-state index contributed by atoms with van der Waals surface area (Å²) in [5, 5.41) is 12.1. The molecule has 0 spiro atoms. The molecular weight excluding hydrogens is 328 g/mol. The van der Waals surface area contributed by atoms with Crippen molar-refractivity contribution in [3.8, 4) is 11.3 Å². The van der Waals surface area contributed by atoms with Crippen LogP contribution in [-0.2, 0) is 18.3 Å². The van der Waals surface area contributed by atoms with Crippen LogP contribution in [0.3, 0.4) is 0 Å². The summed E-state index contributed by atoms with van der Waals surface area (Å²) in [6.07, 6.45) is 2.91. The second-order valence-electron chi connectivity index (χ2n) is 6.92. The predicted molar refractivity (Wildman–Crippen MR) is 98.6 cm³/mol. The Morgan fingerprint density at radius 3 is 2.77 bits per heavy atom. The lowest BCUT2D eigenvalue weighted by atomic mass is 10.0. The molecule has 0 aliphatic carbocycles. The van der Waals surface area contributed by atoms with Gasteiger partial charge in [0, 0.05) is 42.6 Å². The first-order valence-electron chi connectivity index (χ1n) is 8.98. The van der Waals surface area contributed by atoms with Crippen molar-refractivity contribution in [2.75, 3.05) is 6.61 Å². The zero-order valence-corrected chi connectivity index (χ0v) is 15.4. The van der Waals surface area contributed by atoms with Crippen molar-refractivity contribution in [3.63, 3.8) is 0 Å². The van der Waals surface area contributed by atoms with Crippen LogP contribution in [0.15, 0.2) is 41.1 Å².